The zero-order chi connectivity index (χ0) is 22.0. The van der Waals surface area contributed by atoms with Crippen LogP contribution < -0.4 is 4.74 Å². The van der Waals surface area contributed by atoms with E-state index in [0.29, 0.717) is 24.7 Å². The molecule has 0 aliphatic carbocycles. The molecule has 1 fully saturated rings. The molecule has 0 unspecified atom stereocenters. The Morgan fingerprint density at radius 3 is 2.68 bits per heavy atom. The van der Waals surface area contributed by atoms with Crippen LogP contribution in [0.2, 0.25) is 0 Å². The molecule has 0 amide bonds. The quantitative estimate of drug-likeness (QED) is 0.610. The number of hydrogen-bond acceptors (Lipinski definition) is 4. The second kappa shape index (κ2) is 8.74. The van der Waals surface area contributed by atoms with Gasteiger partial charge >= 0.3 is 6.18 Å². The van der Waals surface area contributed by atoms with Crippen molar-refractivity contribution >= 4 is 0 Å². The topological polar surface area (TPSA) is 59.0 Å². The molecular weight excluding hydrogens is 407 g/mol. The highest BCUT2D eigenvalue weighted by molar-refractivity contribution is 5.29. The van der Waals surface area contributed by atoms with Crippen molar-refractivity contribution in [3.8, 4) is 5.75 Å². The molecule has 1 aliphatic rings. The van der Waals surface area contributed by atoms with Crippen LogP contribution in [-0.4, -0.2) is 44.6 Å². The van der Waals surface area contributed by atoms with Gasteiger partial charge in [-0.3, -0.25) is 14.7 Å². The van der Waals surface area contributed by atoms with Crippen LogP contribution in [0.25, 0.3) is 0 Å². The van der Waals surface area contributed by atoms with E-state index in [-0.39, 0.29) is 0 Å². The molecule has 1 aliphatic heterocycles. The van der Waals surface area contributed by atoms with E-state index in [0.717, 1.165) is 55.3 Å². The van der Waals surface area contributed by atoms with E-state index in [1.54, 1.807) is 0 Å². The van der Waals surface area contributed by atoms with Gasteiger partial charge in [0.25, 0.3) is 0 Å². The van der Waals surface area contributed by atoms with Crippen molar-refractivity contribution in [3.05, 3.63) is 64.7 Å². The molecule has 0 radical (unpaired) electrons. The number of halogens is 3. The van der Waals surface area contributed by atoms with Crippen molar-refractivity contribution in [2.24, 2.45) is 7.05 Å². The smallest absolute Gasteiger partial charge is 0.416 e. The Kier molecular flexibility index (Phi) is 6.04. The SMILES string of the molecule is Cc1nn(C)cc1CN1CC[C@@H](c2cc(CCOc3ccc(C(F)(F)F)cc3)[nH]n2)C1. The number of ether oxygens (including phenoxy) is 1. The molecule has 3 heterocycles. The summed E-state index contributed by atoms with van der Waals surface area (Å²) in [7, 11) is 1.94. The molecule has 2 aromatic heterocycles. The van der Waals surface area contributed by atoms with Crippen molar-refractivity contribution in [1.82, 2.24) is 24.9 Å². The lowest BCUT2D eigenvalue weighted by Crippen LogP contribution is -2.20. The first kappa shape index (κ1) is 21.4. The van der Waals surface area contributed by atoms with Crippen LogP contribution >= 0.6 is 0 Å². The molecule has 0 spiro atoms. The minimum Gasteiger partial charge on any atom is -0.493 e. The number of aromatic amines is 1. The maximum atomic E-state index is 12.6. The highest BCUT2D eigenvalue weighted by Crippen LogP contribution is 2.30. The Morgan fingerprint density at radius 1 is 1.23 bits per heavy atom. The molecule has 4 rings (SSSR count). The molecular formula is C22H26F3N5O. The Bertz CT molecular complexity index is 1010. The van der Waals surface area contributed by atoms with Gasteiger partial charge in [0, 0.05) is 49.9 Å². The van der Waals surface area contributed by atoms with Crippen molar-refractivity contribution in [3.63, 3.8) is 0 Å². The zero-order valence-corrected chi connectivity index (χ0v) is 17.6. The third-order valence-electron chi connectivity index (χ3n) is 5.67. The first-order chi connectivity index (χ1) is 14.8. The van der Waals surface area contributed by atoms with E-state index in [4.69, 9.17) is 4.74 Å². The highest BCUT2D eigenvalue weighted by atomic mass is 19.4. The molecule has 9 heteroatoms. The molecule has 1 N–H and O–H groups in total. The molecule has 0 saturated carbocycles. The molecule has 1 aromatic carbocycles. The third kappa shape index (κ3) is 5.28. The highest BCUT2D eigenvalue weighted by Gasteiger charge is 2.30. The van der Waals surface area contributed by atoms with Crippen LogP contribution in [0.5, 0.6) is 5.75 Å². The third-order valence-corrected chi connectivity index (χ3v) is 5.67. The summed E-state index contributed by atoms with van der Waals surface area (Å²) in [6, 6.07) is 6.82. The molecule has 1 atom stereocenters. The van der Waals surface area contributed by atoms with Gasteiger partial charge in [-0.25, -0.2) is 0 Å². The number of nitrogens with one attached hydrogen (secondary N) is 1. The van der Waals surface area contributed by atoms with Crippen molar-refractivity contribution in [1.29, 1.82) is 0 Å². The lowest BCUT2D eigenvalue weighted by atomic mass is 10.0. The molecule has 6 nitrogen and oxygen atoms in total. The zero-order valence-electron chi connectivity index (χ0n) is 17.6. The Balaban J connectivity index is 1.25. The fraction of sp³-hybridized carbons (Fsp3) is 0.455. The predicted molar refractivity (Wildman–Crippen MR) is 110 cm³/mol. The monoisotopic (exact) mass is 433 g/mol. The Hall–Kier alpha value is -2.81. The molecule has 31 heavy (non-hydrogen) atoms. The minimum absolute atomic E-state index is 0.365. The fourth-order valence-corrected chi connectivity index (χ4v) is 4.00. The summed E-state index contributed by atoms with van der Waals surface area (Å²) in [5.41, 5.74) is 3.66. The summed E-state index contributed by atoms with van der Waals surface area (Å²) in [5, 5.41) is 12.0. The average molecular weight is 433 g/mol. The molecule has 1 saturated heterocycles. The largest absolute Gasteiger partial charge is 0.493 e. The lowest BCUT2D eigenvalue weighted by Gasteiger charge is -2.14. The van der Waals surface area contributed by atoms with Crippen molar-refractivity contribution in [2.75, 3.05) is 19.7 Å². The van der Waals surface area contributed by atoms with Crippen LogP contribution in [0.1, 0.15) is 40.5 Å². The number of nitrogens with zero attached hydrogens (tertiary/aromatic N) is 4. The summed E-state index contributed by atoms with van der Waals surface area (Å²) in [6.07, 6.45) is -0.589. The van der Waals surface area contributed by atoms with Crippen molar-refractivity contribution < 1.29 is 17.9 Å². The van der Waals surface area contributed by atoms with E-state index < -0.39 is 11.7 Å². The van der Waals surface area contributed by atoms with Crippen LogP contribution in [0.3, 0.4) is 0 Å². The number of aryl methyl sites for hydroxylation is 2. The number of likely N-dealkylation sites (tertiary alicyclic amines) is 1. The number of rotatable bonds is 7. The number of alkyl halides is 3. The first-order valence-electron chi connectivity index (χ1n) is 10.3. The molecule has 3 aromatic rings. The van der Waals surface area contributed by atoms with Crippen LogP contribution in [0, 0.1) is 6.92 Å². The fourth-order valence-electron chi connectivity index (χ4n) is 4.00. The lowest BCUT2D eigenvalue weighted by molar-refractivity contribution is -0.137. The average Bonchev–Trinajstić information content (AvgIpc) is 3.43. The maximum Gasteiger partial charge on any atom is 0.416 e. The van der Waals surface area contributed by atoms with E-state index in [2.05, 4.69) is 32.5 Å². The maximum absolute atomic E-state index is 12.6. The number of H-pyrrole nitrogens is 1. The normalized spacial score (nSPS) is 17.4. The summed E-state index contributed by atoms with van der Waals surface area (Å²) in [6.45, 7) is 5.28. The van der Waals surface area contributed by atoms with Gasteiger partial charge in [0.05, 0.1) is 23.6 Å². The van der Waals surface area contributed by atoms with E-state index >= 15 is 0 Å². The van der Waals surface area contributed by atoms with Crippen LogP contribution in [0.4, 0.5) is 13.2 Å². The Labute approximate surface area is 179 Å². The van der Waals surface area contributed by atoms with Crippen molar-refractivity contribution in [2.45, 2.75) is 38.4 Å². The predicted octanol–water partition coefficient (Wildman–Crippen LogP) is 4.08. The van der Waals surface area contributed by atoms with Gasteiger partial charge in [0.15, 0.2) is 0 Å². The molecule has 0 bridgehead atoms. The number of aromatic nitrogens is 4. The Morgan fingerprint density at radius 2 is 2.00 bits per heavy atom. The van der Waals surface area contributed by atoms with E-state index in [1.807, 2.05) is 18.7 Å². The number of benzene rings is 1. The van der Waals surface area contributed by atoms with E-state index in [9.17, 15) is 13.2 Å². The minimum atomic E-state index is -4.34. The van der Waals surface area contributed by atoms with E-state index in [1.165, 1.54) is 17.7 Å². The number of hydrogen-bond donors (Lipinski definition) is 1. The van der Waals surface area contributed by atoms with Crippen LogP contribution in [0.15, 0.2) is 36.5 Å². The summed E-state index contributed by atoms with van der Waals surface area (Å²) < 4.78 is 45.3. The summed E-state index contributed by atoms with van der Waals surface area (Å²) in [4.78, 5) is 2.43. The van der Waals surface area contributed by atoms with Gasteiger partial charge in [0.1, 0.15) is 5.75 Å². The molecule has 166 valence electrons. The van der Waals surface area contributed by atoms with Gasteiger partial charge in [0.2, 0.25) is 0 Å². The van der Waals surface area contributed by atoms with Gasteiger partial charge in [-0.1, -0.05) is 0 Å². The van der Waals surface area contributed by atoms with Gasteiger partial charge in [-0.15, -0.1) is 0 Å². The van der Waals surface area contributed by atoms with Gasteiger partial charge < -0.3 is 4.74 Å². The second-order valence-electron chi connectivity index (χ2n) is 8.07. The van der Waals surface area contributed by atoms with Gasteiger partial charge in [-0.05, 0) is 50.2 Å². The summed E-state index contributed by atoms with van der Waals surface area (Å²) >= 11 is 0. The van der Waals surface area contributed by atoms with Crippen LogP contribution in [-0.2, 0) is 26.2 Å². The standard InChI is InChI=1S/C22H26F3N5O/c1-15-17(12-29(2)28-15)14-30-9-7-16(13-30)21-11-19(26-27-21)8-10-31-20-5-3-18(4-6-20)22(23,24)25/h3-6,11-12,16H,7-10,13-14H2,1-2H3,(H,26,27)/t16-/m1/s1. The summed E-state index contributed by atoms with van der Waals surface area (Å²) in [5.74, 6) is 0.808. The van der Waals surface area contributed by atoms with Gasteiger partial charge in [-0.2, -0.15) is 23.4 Å². The first-order valence-corrected chi connectivity index (χ1v) is 10.3. The second-order valence-corrected chi connectivity index (χ2v) is 8.07.